The van der Waals surface area contributed by atoms with Crippen LogP contribution in [0.5, 0.6) is 5.75 Å². The van der Waals surface area contributed by atoms with Crippen molar-refractivity contribution in [3.8, 4) is 5.75 Å². The molecule has 1 aliphatic rings. The minimum Gasteiger partial charge on any atom is -0.503 e. The van der Waals surface area contributed by atoms with Gasteiger partial charge in [0, 0.05) is 12.1 Å². The molecule has 0 aliphatic carbocycles. The van der Waals surface area contributed by atoms with E-state index in [1.165, 1.54) is 37.1 Å². The van der Waals surface area contributed by atoms with Crippen LogP contribution in [0.1, 0.15) is 18.5 Å². The fraction of sp³-hybridized carbons (Fsp3) is 0.158. The predicted molar refractivity (Wildman–Crippen MR) is 96.7 cm³/mol. The van der Waals surface area contributed by atoms with Crippen LogP contribution < -0.4 is 9.64 Å². The van der Waals surface area contributed by atoms with E-state index in [0.717, 1.165) is 0 Å². The molecule has 3 rings (SSSR count). The summed E-state index contributed by atoms with van der Waals surface area (Å²) in [6, 6.07) is 11.2. The van der Waals surface area contributed by atoms with E-state index in [-0.39, 0.29) is 11.3 Å². The molecule has 0 aromatic heterocycles. The quantitative estimate of drug-likeness (QED) is 0.641. The van der Waals surface area contributed by atoms with Crippen molar-refractivity contribution in [2.75, 3.05) is 12.0 Å². The van der Waals surface area contributed by atoms with Gasteiger partial charge in [0.2, 0.25) is 0 Å². The predicted octanol–water partition coefficient (Wildman–Crippen LogP) is 3.09. The molecule has 1 atom stereocenters. The Bertz CT molecular complexity index is 982. The number of ketones is 1. The van der Waals surface area contributed by atoms with Gasteiger partial charge in [0.05, 0.1) is 29.3 Å². The monoisotopic (exact) mass is 368 g/mol. The summed E-state index contributed by atoms with van der Waals surface area (Å²) in [6.07, 6.45) is 0. The molecule has 0 bridgehead atoms. The number of carbonyl (C=O) groups is 2. The number of hydrogen-bond acceptors (Lipinski definition) is 6. The number of rotatable bonds is 5. The summed E-state index contributed by atoms with van der Waals surface area (Å²) in [4.78, 5) is 36.7. The number of aliphatic hydroxyl groups excluding tert-OH is 1. The molecule has 0 saturated heterocycles. The van der Waals surface area contributed by atoms with Gasteiger partial charge in [-0.2, -0.15) is 0 Å². The van der Waals surface area contributed by atoms with Crippen LogP contribution in [0.2, 0.25) is 0 Å². The van der Waals surface area contributed by atoms with Gasteiger partial charge in [0.15, 0.2) is 11.5 Å². The largest absolute Gasteiger partial charge is 0.503 e. The van der Waals surface area contributed by atoms with E-state index in [2.05, 4.69) is 0 Å². The van der Waals surface area contributed by atoms with Crippen LogP contribution in [0.4, 0.5) is 11.4 Å². The van der Waals surface area contributed by atoms with Crippen molar-refractivity contribution in [2.45, 2.75) is 13.0 Å². The summed E-state index contributed by atoms with van der Waals surface area (Å²) in [7, 11) is 1.43. The molecule has 0 fully saturated rings. The topological polar surface area (TPSA) is 110 Å². The van der Waals surface area contributed by atoms with Crippen LogP contribution in [-0.2, 0) is 9.59 Å². The van der Waals surface area contributed by atoms with Crippen LogP contribution in [0.25, 0.3) is 0 Å². The van der Waals surface area contributed by atoms with E-state index in [1.54, 1.807) is 30.3 Å². The molecule has 0 spiro atoms. The number of aliphatic hydroxyl groups is 1. The van der Waals surface area contributed by atoms with Crippen molar-refractivity contribution in [1.82, 2.24) is 0 Å². The Kier molecular flexibility index (Phi) is 4.64. The van der Waals surface area contributed by atoms with E-state index in [9.17, 15) is 24.8 Å². The molecular formula is C19H16N2O6. The molecule has 1 aliphatic heterocycles. The number of anilines is 1. The Hall–Kier alpha value is -3.68. The maximum absolute atomic E-state index is 12.8. The normalized spacial score (nSPS) is 16.6. The smallest absolute Gasteiger partial charge is 0.294 e. The summed E-state index contributed by atoms with van der Waals surface area (Å²) in [6.45, 7) is 1.23. The lowest BCUT2D eigenvalue weighted by Crippen LogP contribution is -2.31. The zero-order valence-electron chi connectivity index (χ0n) is 14.6. The molecular weight excluding hydrogens is 352 g/mol. The van der Waals surface area contributed by atoms with Gasteiger partial charge in [-0.25, -0.2) is 0 Å². The number of benzene rings is 2. The van der Waals surface area contributed by atoms with Gasteiger partial charge in [0.1, 0.15) is 5.75 Å². The fourth-order valence-electron chi connectivity index (χ4n) is 3.17. The third-order valence-electron chi connectivity index (χ3n) is 4.33. The number of hydrogen-bond donors (Lipinski definition) is 1. The third-order valence-corrected chi connectivity index (χ3v) is 4.33. The van der Waals surface area contributed by atoms with Crippen molar-refractivity contribution in [3.63, 3.8) is 0 Å². The van der Waals surface area contributed by atoms with Crippen molar-refractivity contribution in [2.24, 2.45) is 0 Å². The lowest BCUT2D eigenvalue weighted by Gasteiger charge is -2.27. The number of Topliss-reactive ketones (excluding diaryl/α,β-unsaturated/α-hetero) is 1. The number of non-ortho nitro benzene ring substituents is 1. The molecule has 1 amide bonds. The van der Waals surface area contributed by atoms with Crippen LogP contribution in [-0.4, -0.2) is 28.8 Å². The Balaban J connectivity index is 2.24. The first kappa shape index (κ1) is 18.1. The van der Waals surface area contributed by atoms with Crippen LogP contribution in [0.3, 0.4) is 0 Å². The molecule has 1 N–H and O–H groups in total. The molecule has 2 aromatic carbocycles. The Morgan fingerprint density at radius 2 is 1.93 bits per heavy atom. The van der Waals surface area contributed by atoms with Gasteiger partial charge in [-0.3, -0.25) is 24.6 Å². The van der Waals surface area contributed by atoms with Gasteiger partial charge in [-0.05, 0) is 24.6 Å². The molecule has 0 saturated carbocycles. The van der Waals surface area contributed by atoms with Crippen molar-refractivity contribution >= 4 is 23.1 Å². The lowest BCUT2D eigenvalue weighted by molar-refractivity contribution is -0.384. The molecule has 1 heterocycles. The maximum Gasteiger partial charge on any atom is 0.294 e. The third kappa shape index (κ3) is 3.01. The highest BCUT2D eigenvalue weighted by Crippen LogP contribution is 2.44. The highest BCUT2D eigenvalue weighted by Gasteiger charge is 2.44. The SMILES string of the molecule is COc1ccccc1N1C(=O)C(O)=C(C(C)=O)C1c1cccc([N+](=O)[O-])c1. The second-order valence-electron chi connectivity index (χ2n) is 5.92. The van der Waals surface area contributed by atoms with Gasteiger partial charge in [-0.15, -0.1) is 0 Å². The summed E-state index contributed by atoms with van der Waals surface area (Å²) in [5.41, 5.74) is 0.364. The first-order valence-corrected chi connectivity index (χ1v) is 8.01. The number of carbonyl (C=O) groups excluding carboxylic acids is 2. The van der Waals surface area contributed by atoms with E-state index in [1.807, 2.05) is 0 Å². The first-order valence-electron chi connectivity index (χ1n) is 8.01. The molecule has 8 heteroatoms. The summed E-state index contributed by atoms with van der Waals surface area (Å²) in [5.74, 6) is -1.60. The molecule has 27 heavy (non-hydrogen) atoms. The highest BCUT2D eigenvalue weighted by molar-refractivity contribution is 6.16. The first-order chi connectivity index (χ1) is 12.9. The fourth-order valence-corrected chi connectivity index (χ4v) is 3.17. The molecule has 138 valence electrons. The van der Waals surface area contributed by atoms with Gasteiger partial charge < -0.3 is 9.84 Å². The molecule has 1 unspecified atom stereocenters. The average Bonchev–Trinajstić information content (AvgIpc) is 2.93. The minimum atomic E-state index is -1.01. The number of nitrogens with zero attached hydrogens (tertiary/aromatic N) is 2. The van der Waals surface area contributed by atoms with E-state index >= 15 is 0 Å². The summed E-state index contributed by atoms with van der Waals surface area (Å²) >= 11 is 0. The lowest BCUT2D eigenvalue weighted by atomic mass is 9.96. The number of para-hydroxylation sites is 2. The second kappa shape index (κ2) is 6.91. The van der Waals surface area contributed by atoms with E-state index in [4.69, 9.17) is 4.74 Å². The van der Waals surface area contributed by atoms with Crippen LogP contribution >= 0.6 is 0 Å². The van der Waals surface area contributed by atoms with Crippen molar-refractivity contribution in [3.05, 3.63) is 75.5 Å². The Morgan fingerprint density at radius 1 is 1.22 bits per heavy atom. The second-order valence-corrected chi connectivity index (χ2v) is 5.92. The zero-order valence-corrected chi connectivity index (χ0v) is 14.6. The Morgan fingerprint density at radius 3 is 2.56 bits per heavy atom. The van der Waals surface area contributed by atoms with E-state index < -0.39 is 28.4 Å². The standard InChI is InChI=1S/C19H16N2O6/c1-11(22)16-17(12-6-5-7-13(10-12)21(25)26)20(19(24)18(16)23)14-8-3-4-9-15(14)27-2/h3-10,17,23H,1-2H3. The number of nitro benzene ring substituents is 1. The number of amides is 1. The Labute approximate surface area is 154 Å². The van der Waals surface area contributed by atoms with Crippen LogP contribution in [0.15, 0.2) is 59.9 Å². The van der Waals surface area contributed by atoms with Crippen molar-refractivity contribution in [1.29, 1.82) is 0 Å². The van der Waals surface area contributed by atoms with Crippen molar-refractivity contribution < 1.29 is 24.4 Å². The van der Waals surface area contributed by atoms with Gasteiger partial charge >= 0.3 is 0 Å². The molecule has 8 nitrogen and oxygen atoms in total. The minimum absolute atomic E-state index is 0.119. The van der Waals surface area contributed by atoms with E-state index in [0.29, 0.717) is 17.0 Å². The van der Waals surface area contributed by atoms with Gasteiger partial charge in [-0.1, -0.05) is 24.3 Å². The molecule has 2 aromatic rings. The van der Waals surface area contributed by atoms with Gasteiger partial charge in [0.25, 0.3) is 11.6 Å². The number of ether oxygens (including phenoxy) is 1. The number of methoxy groups -OCH3 is 1. The molecule has 0 radical (unpaired) electrons. The zero-order chi connectivity index (χ0) is 19.7. The summed E-state index contributed by atoms with van der Waals surface area (Å²) < 4.78 is 5.30. The highest BCUT2D eigenvalue weighted by atomic mass is 16.6. The average molecular weight is 368 g/mol. The summed E-state index contributed by atoms with van der Waals surface area (Å²) in [5, 5.41) is 21.5. The maximum atomic E-state index is 12.8. The number of nitro groups is 1. The van der Waals surface area contributed by atoms with Crippen LogP contribution in [0, 0.1) is 10.1 Å².